The molecular formula is C22H18N6S. The molecule has 4 rings (SSSR count). The molecule has 0 unspecified atom stereocenters. The van der Waals surface area contributed by atoms with Gasteiger partial charge in [-0.3, -0.25) is 5.32 Å². The van der Waals surface area contributed by atoms with Gasteiger partial charge < -0.3 is 0 Å². The fraction of sp³-hybridized carbons (Fsp3) is 0.0909. The second kappa shape index (κ2) is 8.17. The number of aromatic nitrogens is 3. The highest BCUT2D eigenvalue weighted by Crippen LogP contribution is 2.31. The Morgan fingerprint density at radius 2 is 1.90 bits per heavy atom. The van der Waals surface area contributed by atoms with E-state index in [0.29, 0.717) is 5.17 Å². The van der Waals surface area contributed by atoms with Gasteiger partial charge in [0.15, 0.2) is 17.0 Å². The minimum absolute atomic E-state index is 0.547. The smallest absolute Gasteiger partial charge is 0.183 e. The monoisotopic (exact) mass is 398 g/mol. The number of nitriles is 1. The Bertz CT molecular complexity index is 1240. The van der Waals surface area contributed by atoms with Crippen molar-refractivity contribution in [2.24, 2.45) is 4.99 Å². The number of hydrogen-bond acceptors (Lipinski definition) is 5. The Kier molecular flexibility index (Phi) is 5.27. The number of thioether (sulfide) groups is 1. The van der Waals surface area contributed by atoms with E-state index < -0.39 is 0 Å². The Morgan fingerprint density at radius 3 is 2.66 bits per heavy atom. The molecule has 1 N–H and O–H groups in total. The molecule has 0 bridgehead atoms. The van der Waals surface area contributed by atoms with E-state index in [1.165, 1.54) is 11.8 Å². The average molecular weight is 398 g/mol. The fourth-order valence-corrected chi connectivity index (χ4v) is 3.58. The van der Waals surface area contributed by atoms with Crippen LogP contribution in [-0.4, -0.2) is 26.0 Å². The van der Waals surface area contributed by atoms with Gasteiger partial charge in [0, 0.05) is 17.3 Å². The maximum atomic E-state index is 8.85. The summed E-state index contributed by atoms with van der Waals surface area (Å²) < 4.78 is 1.88. The Balaban J connectivity index is 1.84. The zero-order valence-electron chi connectivity index (χ0n) is 16.0. The maximum absolute atomic E-state index is 8.85. The van der Waals surface area contributed by atoms with Gasteiger partial charge in [0.05, 0.1) is 17.1 Å². The van der Waals surface area contributed by atoms with E-state index in [0.717, 1.165) is 39.4 Å². The largest absolute Gasteiger partial charge is 0.271 e. The number of aliphatic imine (C=N–C) groups is 1. The highest BCUT2D eigenvalue weighted by Gasteiger charge is 2.15. The van der Waals surface area contributed by atoms with E-state index in [-0.39, 0.29) is 0 Å². The zero-order valence-corrected chi connectivity index (χ0v) is 16.8. The third kappa shape index (κ3) is 3.71. The molecule has 0 saturated heterocycles. The number of hydrogen-bond donors (Lipinski definition) is 1. The van der Waals surface area contributed by atoms with Crippen molar-refractivity contribution in [2.45, 2.75) is 6.92 Å². The lowest BCUT2D eigenvalue weighted by molar-refractivity contribution is 0.925. The lowest BCUT2D eigenvalue weighted by Gasteiger charge is -2.07. The number of rotatable bonds is 3. The highest BCUT2D eigenvalue weighted by atomic mass is 32.2. The SMILES string of the molecule is CSC(=Nc1cccc(-c2ccnc3c(-c4ccccc4)c(C)nn23)c1)NC#N. The topological polar surface area (TPSA) is 78.4 Å². The summed E-state index contributed by atoms with van der Waals surface area (Å²) in [6.07, 6.45) is 5.59. The molecule has 0 amide bonds. The first kappa shape index (κ1) is 18.7. The van der Waals surface area contributed by atoms with Crippen molar-refractivity contribution in [1.82, 2.24) is 19.9 Å². The van der Waals surface area contributed by atoms with Gasteiger partial charge in [0.1, 0.15) is 0 Å². The van der Waals surface area contributed by atoms with Crippen LogP contribution in [-0.2, 0) is 0 Å². The van der Waals surface area contributed by atoms with E-state index in [1.54, 1.807) is 6.20 Å². The predicted molar refractivity (Wildman–Crippen MR) is 118 cm³/mol. The number of nitrogens with one attached hydrogen (secondary N) is 1. The Hall–Kier alpha value is -3.63. The second-order valence-corrected chi connectivity index (χ2v) is 7.10. The van der Waals surface area contributed by atoms with Crippen LogP contribution in [0, 0.1) is 18.4 Å². The third-order valence-corrected chi connectivity index (χ3v) is 5.06. The van der Waals surface area contributed by atoms with Gasteiger partial charge in [-0.1, -0.05) is 54.2 Å². The van der Waals surface area contributed by atoms with Crippen LogP contribution >= 0.6 is 11.8 Å². The third-order valence-electron chi connectivity index (χ3n) is 4.48. The lowest BCUT2D eigenvalue weighted by atomic mass is 10.1. The van der Waals surface area contributed by atoms with E-state index in [9.17, 15) is 0 Å². The molecule has 0 radical (unpaired) electrons. The van der Waals surface area contributed by atoms with Crippen molar-refractivity contribution >= 4 is 28.3 Å². The summed E-state index contributed by atoms with van der Waals surface area (Å²) in [5.74, 6) is 0. The van der Waals surface area contributed by atoms with Gasteiger partial charge in [-0.2, -0.15) is 10.4 Å². The van der Waals surface area contributed by atoms with Crippen LogP contribution in [0.25, 0.3) is 28.0 Å². The van der Waals surface area contributed by atoms with Crippen molar-refractivity contribution in [3.05, 3.63) is 72.6 Å². The van der Waals surface area contributed by atoms with Gasteiger partial charge in [-0.05, 0) is 36.9 Å². The van der Waals surface area contributed by atoms with E-state index in [2.05, 4.69) is 27.4 Å². The molecular weight excluding hydrogens is 380 g/mol. The van der Waals surface area contributed by atoms with Crippen molar-refractivity contribution in [2.75, 3.05) is 6.26 Å². The quantitative estimate of drug-likeness (QED) is 0.232. The van der Waals surface area contributed by atoms with E-state index in [4.69, 9.17) is 10.4 Å². The summed E-state index contributed by atoms with van der Waals surface area (Å²) in [4.78, 5) is 9.10. The van der Waals surface area contributed by atoms with Crippen molar-refractivity contribution < 1.29 is 0 Å². The Morgan fingerprint density at radius 1 is 1.10 bits per heavy atom. The second-order valence-electron chi connectivity index (χ2n) is 6.30. The summed E-state index contributed by atoms with van der Waals surface area (Å²) in [5, 5.41) is 16.7. The first-order valence-electron chi connectivity index (χ1n) is 8.99. The number of fused-ring (bicyclic) bond motifs is 1. The zero-order chi connectivity index (χ0) is 20.2. The summed E-state index contributed by atoms with van der Waals surface area (Å²) >= 11 is 1.39. The first-order valence-corrected chi connectivity index (χ1v) is 10.2. The molecule has 0 fully saturated rings. The van der Waals surface area contributed by atoms with Gasteiger partial charge in [-0.15, -0.1) is 0 Å². The molecule has 2 aromatic carbocycles. The molecule has 0 aliphatic carbocycles. The molecule has 7 heteroatoms. The number of nitrogens with zero attached hydrogens (tertiary/aromatic N) is 5. The van der Waals surface area contributed by atoms with Crippen molar-refractivity contribution in [3.8, 4) is 28.6 Å². The van der Waals surface area contributed by atoms with Crippen LogP contribution in [0.4, 0.5) is 5.69 Å². The van der Waals surface area contributed by atoms with Crippen LogP contribution in [0.5, 0.6) is 0 Å². The molecule has 6 nitrogen and oxygen atoms in total. The molecule has 0 aliphatic rings. The minimum atomic E-state index is 0.547. The number of benzene rings is 2. The van der Waals surface area contributed by atoms with Crippen LogP contribution < -0.4 is 5.32 Å². The average Bonchev–Trinajstić information content (AvgIpc) is 3.10. The maximum Gasteiger partial charge on any atom is 0.183 e. The summed E-state index contributed by atoms with van der Waals surface area (Å²) in [7, 11) is 0. The molecule has 4 aromatic rings. The van der Waals surface area contributed by atoms with Crippen molar-refractivity contribution in [1.29, 1.82) is 5.26 Å². The van der Waals surface area contributed by atoms with E-state index in [1.807, 2.05) is 72.4 Å². The lowest BCUT2D eigenvalue weighted by Crippen LogP contribution is -2.12. The summed E-state index contributed by atoms with van der Waals surface area (Å²) in [6.45, 7) is 2.00. The molecule has 142 valence electrons. The molecule has 2 aromatic heterocycles. The Labute approximate surface area is 172 Å². The molecule has 2 heterocycles. The molecule has 0 aliphatic heterocycles. The first-order chi connectivity index (χ1) is 14.2. The molecule has 0 saturated carbocycles. The van der Waals surface area contributed by atoms with Gasteiger partial charge in [0.25, 0.3) is 0 Å². The minimum Gasteiger partial charge on any atom is -0.271 e. The normalized spacial score (nSPS) is 11.4. The van der Waals surface area contributed by atoms with E-state index >= 15 is 0 Å². The van der Waals surface area contributed by atoms with Crippen LogP contribution in [0.3, 0.4) is 0 Å². The highest BCUT2D eigenvalue weighted by molar-refractivity contribution is 8.13. The molecule has 0 spiro atoms. The number of aryl methyl sites for hydroxylation is 1. The van der Waals surface area contributed by atoms with Gasteiger partial charge in [0.2, 0.25) is 0 Å². The van der Waals surface area contributed by atoms with Crippen molar-refractivity contribution in [3.63, 3.8) is 0 Å². The summed E-state index contributed by atoms with van der Waals surface area (Å²) in [5.41, 5.74) is 6.52. The van der Waals surface area contributed by atoms with Gasteiger partial charge in [-0.25, -0.2) is 14.5 Å². The van der Waals surface area contributed by atoms with Crippen LogP contribution in [0.2, 0.25) is 0 Å². The van der Waals surface area contributed by atoms with Crippen LogP contribution in [0.15, 0.2) is 71.9 Å². The van der Waals surface area contributed by atoms with Crippen LogP contribution in [0.1, 0.15) is 5.69 Å². The predicted octanol–water partition coefficient (Wildman–Crippen LogP) is 4.79. The molecule has 29 heavy (non-hydrogen) atoms. The van der Waals surface area contributed by atoms with Gasteiger partial charge >= 0.3 is 0 Å². The number of amidine groups is 1. The fourth-order valence-electron chi connectivity index (χ4n) is 3.24. The summed E-state index contributed by atoms with van der Waals surface area (Å²) in [6, 6.07) is 20.0. The molecule has 0 atom stereocenters. The standard InChI is InChI=1S/C22H18N6S/c1-15-20(16-7-4-3-5-8-16)21-24-12-11-19(28(21)27-15)17-9-6-10-18(13-17)26-22(29-2)25-14-23/h3-13H,1-2H3,(H,25,26).